The van der Waals surface area contributed by atoms with Gasteiger partial charge in [0, 0.05) is 12.1 Å². The molecule has 0 unspecified atom stereocenters. The number of aromatic hydroxyl groups is 1. The molecule has 0 aliphatic carbocycles. The molecule has 2 rings (SSSR count). The monoisotopic (exact) mass is 287 g/mol. The van der Waals surface area contributed by atoms with Crippen molar-refractivity contribution in [2.24, 2.45) is 14.1 Å². The van der Waals surface area contributed by atoms with Gasteiger partial charge in [0.2, 0.25) is 0 Å². The van der Waals surface area contributed by atoms with Crippen molar-refractivity contribution in [3.63, 3.8) is 0 Å². The van der Waals surface area contributed by atoms with Crippen molar-refractivity contribution in [1.82, 2.24) is 4.57 Å². The lowest BCUT2D eigenvalue weighted by atomic mass is 10.1. The number of ether oxygens (including phenoxy) is 1. The summed E-state index contributed by atoms with van der Waals surface area (Å²) in [7, 11) is 5.02. The number of phenolic OH excluding ortho intramolecular Hbond substituents is 1. The summed E-state index contributed by atoms with van der Waals surface area (Å²) in [6.45, 7) is 1.89. The third kappa shape index (κ3) is 3.13. The molecule has 0 fully saturated rings. The van der Waals surface area contributed by atoms with Gasteiger partial charge < -0.3 is 9.84 Å². The van der Waals surface area contributed by atoms with Crippen molar-refractivity contribution >= 4 is 12.2 Å². The molecule has 1 aromatic carbocycles. The summed E-state index contributed by atoms with van der Waals surface area (Å²) < 4.78 is 8.28. The maximum Gasteiger partial charge on any atom is 0.498 e. The number of aromatic nitrogens is 2. The molecule has 1 N–H and O–H groups in total. The first-order chi connectivity index (χ1) is 9.92. The summed E-state index contributed by atoms with van der Waals surface area (Å²) in [4.78, 5) is 12.0. The number of aryl methyl sites for hydroxylation is 1. The van der Waals surface area contributed by atoms with Gasteiger partial charge in [-0.1, -0.05) is 6.08 Å². The number of phenols is 1. The summed E-state index contributed by atoms with van der Waals surface area (Å²) in [5.41, 5.74) is 2.39. The molecule has 0 aliphatic rings. The molecule has 0 saturated carbocycles. The van der Waals surface area contributed by atoms with Crippen LogP contribution in [0.3, 0.4) is 0 Å². The molecule has 0 amide bonds. The molecule has 5 heteroatoms. The van der Waals surface area contributed by atoms with Crippen molar-refractivity contribution in [3.05, 3.63) is 51.7 Å². The van der Waals surface area contributed by atoms with E-state index in [1.807, 2.05) is 31.2 Å². The molecule has 1 heterocycles. The Bertz CT molecular complexity index is 761. The van der Waals surface area contributed by atoms with E-state index in [0.29, 0.717) is 5.75 Å². The van der Waals surface area contributed by atoms with Gasteiger partial charge in [-0.3, -0.25) is 0 Å². The molecule has 110 valence electrons. The standard InChI is InChI=1S/C16H18N2O3/c1-11-7-13(18(3)16(20)17(11)2)6-5-12-8-14(19)10-15(9-12)21-4/h5-10H,1-4H3/p+1/b6-5+. The molecule has 1 aromatic heterocycles. The second-order valence-corrected chi connectivity index (χ2v) is 4.91. The summed E-state index contributed by atoms with van der Waals surface area (Å²) in [6, 6.07) is 6.91. The van der Waals surface area contributed by atoms with Crippen LogP contribution in [-0.4, -0.2) is 16.8 Å². The van der Waals surface area contributed by atoms with E-state index in [2.05, 4.69) is 0 Å². The van der Waals surface area contributed by atoms with Crippen LogP contribution in [0.15, 0.2) is 29.1 Å². The minimum Gasteiger partial charge on any atom is -0.508 e. The molecule has 5 nitrogen and oxygen atoms in total. The van der Waals surface area contributed by atoms with Gasteiger partial charge in [-0.15, -0.1) is 0 Å². The molecule has 0 spiro atoms. The van der Waals surface area contributed by atoms with E-state index in [1.54, 1.807) is 42.5 Å². The first-order valence-corrected chi connectivity index (χ1v) is 6.55. The average Bonchev–Trinajstić information content (AvgIpc) is 2.46. The minimum atomic E-state index is -0.0804. The van der Waals surface area contributed by atoms with E-state index in [-0.39, 0.29) is 11.4 Å². The van der Waals surface area contributed by atoms with Crippen LogP contribution in [0.25, 0.3) is 12.2 Å². The Morgan fingerprint density at radius 3 is 2.62 bits per heavy atom. The van der Waals surface area contributed by atoms with Gasteiger partial charge in [0.05, 0.1) is 21.2 Å². The lowest BCUT2D eigenvalue weighted by Crippen LogP contribution is -2.53. The van der Waals surface area contributed by atoms with E-state index in [1.165, 1.54) is 0 Å². The van der Waals surface area contributed by atoms with Crippen LogP contribution in [-0.2, 0) is 14.1 Å². The quantitative estimate of drug-likeness (QED) is 0.868. The average molecular weight is 287 g/mol. The summed E-state index contributed by atoms with van der Waals surface area (Å²) in [5.74, 6) is 0.720. The van der Waals surface area contributed by atoms with E-state index in [4.69, 9.17) is 4.74 Å². The third-order valence-electron chi connectivity index (χ3n) is 3.44. The second kappa shape index (κ2) is 5.83. The van der Waals surface area contributed by atoms with Gasteiger partial charge in [-0.2, -0.15) is 13.9 Å². The van der Waals surface area contributed by atoms with Crippen LogP contribution < -0.4 is 15.0 Å². The second-order valence-electron chi connectivity index (χ2n) is 4.91. The van der Waals surface area contributed by atoms with Crippen molar-refractivity contribution < 1.29 is 14.4 Å². The van der Waals surface area contributed by atoms with Crippen molar-refractivity contribution in [3.8, 4) is 11.5 Å². The van der Waals surface area contributed by atoms with Gasteiger partial charge in [0.15, 0.2) is 0 Å². The van der Waals surface area contributed by atoms with Crippen LogP contribution >= 0.6 is 0 Å². The fraction of sp³-hybridized carbons (Fsp3) is 0.250. The summed E-state index contributed by atoms with van der Waals surface area (Å²) in [6.07, 6.45) is 3.67. The fourth-order valence-electron chi connectivity index (χ4n) is 2.06. The Morgan fingerprint density at radius 2 is 1.95 bits per heavy atom. The number of rotatable bonds is 3. The van der Waals surface area contributed by atoms with Crippen LogP contribution in [0, 0.1) is 6.92 Å². The Labute approximate surface area is 123 Å². The zero-order chi connectivity index (χ0) is 15.6. The topological polar surface area (TPSA) is 55.3 Å². The number of methoxy groups -OCH3 is 1. The first-order valence-electron chi connectivity index (χ1n) is 6.55. The van der Waals surface area contributed by atoms with Gasteiger partial charge in [-0.05, 0) is 30.7 Å². The first kappa shape index (κ1) is 14.8. The zero-order valence-electron chi connectivity index (χ0n) is 12.6. The SMILES string of the molecule is COc1cc(O)cc(/C=C/c2cc(C)n(C)c(=O)[n+]2C)c1. The van der Waals surface area contributed by atoms with Gasteiger partial charge in [0.25, 0.3) is 0 Å². The highest BCUT2D eigenvalue weighted by molar-refractivity contribution is 5.68. The molecular weight excluding hydrogens is 268 g/mol. The maximum absolute atomic E-state index is 12.0. The highest BCUT2D eigenvalue weighted by Gasteiger charge is 2.11. The number of nitrogens with zero attached hydrogens (tertiary/aromatic N) is 2. The Morgan fingerprint density at radius 1 is 1.24 bits per heavy atom. The zero-order valence-corrected chi connectivity index (χ0v) is 12.6. The highest BCUT2D eigenvalue weighted by Crippen LogP contribution is 2.22. The van der Waals surface area contributed by atoms with Crippen LogP contribution in [0.4, 0.5) is 0 Å². The Balaban J connectivity index is 2.43. The van der Waals surface area contributed by atoms with Crippen LogP contribution in [0.2, 0.25) is 0 Å². The van der Waals surface area contributed by atoms with Crippen LogP contribution in [0.1, 0.15) is 17.0 Å². The van der Waals surface area contributed by atoms with Gasteiger partial charge in [-0.25, -0.2) is 0 Å². The molecule has 0 atom stereocenters. The lowest BCUT2D eigenvalue weighted by Gasteiger charge is -2.03. The maximum atomic E-state index is 12.0. The highest BCUT2D eigenvalue weighted by atomic mass is 16.5. The molecule has 0 saturated heterocycles. The van der Waals surface area contributed by atoms with E-state index >= 15 is 0 Å². The predicted molar refractivity (Wildman–Crippen MR) is 81.2 cm³/mol. The number of benzene rings is 1. The fourth-order valence-corrected chi connectivity index (χ4v) is 2.06. The molecule has 0 radical (unpaired) electrons. The van der Waals surface area contributed by atoms with Crippen LogP contribution in [0.5, 0.6) is 11.5 Å². The molecule has 0 bridgehead atoms. The van der Waals surface area contributed by atoms with E-state index < -0.39 is 0 Å². The van der Waals surface area contributed by atoms with Crippen molar-refractivity contribution in [2.75, 3.05) is 7.11 Å². The molecule has 2 aromatic rings. The van der Waals surface area contributed by atoms with Gasteiger partial charge >= 0.3 is 5.69 Å². The smallest absolute Gasteiger partial charge is 0.498 e. The summed E-state index contributed by atoms with van der Waals surface area (Å²) >= 11 is 0. The van der Waals surface area contributed by atoms with Crippen molar-refractivity contribution in [2.45, 2.75) is 6.92 Å². The number of hydrogen-bond donors (Lipinski definition) is 1. The lowest BCUT2D eigenvalue weighted by molar-refractivity contribution is -0.692. The molecule has 0 aliphatic heterocycles. The minimum absolute atomic E-state index is 0.0804. The summed E-state index contributed by atoms with van der Waals surface area (Å²) in [5, 5.41) is 9.63. The van der Waals surface area contributed by atoms with E-state index in [0.717, 1.165) is 17.0 Å². The Kier molecular flexibility index (Phi) is 4.12. The largest absolute Gasteiger partial charge is 0.508 e. The molecular formula is C16H19N2O3+. The third-order valence-corrected chi connectivity index (χ3v) is 3.44. The normalized spacial score (nSPS) is 11.0. The van der Waals surface area contributed by atoms with E-state index in [9.17, 15) is 9.90 Å². The van der Waals surface area contributed by atoms with Gasteiger partial charge in [0.1, 0.15) is 22.9 Å². The van der Waals surface area contributed by atoms with Crippen molar-refractivity contribution in [1.29, 1.82) is 0 Å². The predicted octanol–water partition coefficient (Wildman–Crippen LogP) is 1.40. The Hall–Kier alpha value is -2.56. The molecule has 21 heavy (non-hydrogen) atoms. The number of hydrogen-bond acceptors (Lipinski definition) is 3.